The van der Waals surface area contributed by atoms with Crippen LogP contribution in [0.5, 0.6) is 11.5 Å². The van der Waals surface area contributed by atoms with Gasteiger partial charge in [0.2, 0.25) is 5.91 Å². The number of nitrogen functional groups attached to an aromatic ring is 1. The predicted molar refractivity (Wildman–Crippen MR) is 73.6 cm³/mol. The summed E-state index contributed by atoms with van der Waals surface area (Å²) < 4.78 is 6.47. The van der Waals surface area contributed by atoms with Crippen LogP contribution in [0.15, 0.2) is 46.9 Å². The summed E-state index contributed by atoms with van der Waals surface area (Å²) in [7, 11) is 0. The van der Waals surface area contributed by atoms with Gasteiger partial charge in [0.25, 0.3) is 0 Å². The van der Waals surface area contributed by atoms with Gasteiger partial charge in [0, 0.05) is 5.56 Å². The average molecular weight is 307 g/mol. The first-order valence-corrected chi connectivity index (χ1v) is 5.99. The Morgan fingerprint density at radius 1 is 1.11 bits per heavy atom. The van der Waals surface area contributed by atoms with E-state index in [9.17, 15) is 4.79 Å². The number of para-hydroxylation sites is 1. The molecule has 4 N–H and O–H groups in total. The van der Waals surface area contributed by atoms with E-state index in [1.807, 2.05) is 24.3 Å². The Morgan fingerprint density at radius 2 is 1.83 bits per heavy atom. The van der Waals surface area contributed by atoms with E-state index in [4.69, 9.17) is 16.2 Å². The lowest BCUT2D eigenvalue weighted by Gasteiger charge is -2.10. The zero-order valence-electron chi connectivity index (χ0n) is 9.39. The van der Waals surface area contributed by atoms with Crippen molar-refractivity contribution in [2.75, 3.05) is 5.73 Å². The van der Waals surface area contributed by atoms with Crippen molar-refractivity contribution in [1.29, 1.82) is 0 Å². The minimum Gasteiger partial charge on any atom is -0.454 e. The number of amides is 1. The van der Waals surface area contributed by atoms with Crippen LogP contribution >= 0.6 is 15.9 Å². The monoisotopic (exact) mass is 306 g/mol. The van der Waals surface area contributed by atoms with Crippen molar-refractivity contribution in [2.45, 2.75) is 0 Å². The Kier molecular flexibility index (Phi) is 3.53. The van der Waals surface area contributed by atoms with Crippen LogP contribution < -0.4 is 16.2 Å². The van der Waals surface area contributed by atoms with Crippen molar-refractivity contribution < 1.29 is 9.53 Å². The average Bonchev–Trinajstić information content (AvgIpc) is 2.34. The molecule has 2 aromatic rings. The van der Waals surface area contributed by atoms with Gasteiger partial charge >= 0.3 is 0 Å². The summed E-state index contributed by atoms with van der Waals surface area (Å²) in [5.74, 6) is 0.608. The number of hydrogen-bond acceptors (Lipinski definition) is 3. The van der Waals surface area contributed by atoms with E-state index in [0.29, 0.717) is 22.7 Å². The topological polar surface area (TPSA) is 78.3 Å². The number of benzene rings is 2. The number of nitrogens with two attached hydrogens (primary N) is 2. The van der Waals surface area contributed by atoms with Crippen molar-refractivity contribution in [3.05, 3.63) is 52.5 Å². The highest BCUT2D eigenvalue weighted by molar-refractivity contribution is 9.10. The fraction of sp³-hybridized carbons (Fsp3) is 0. The molecule has 2 aromatic carbocycles. The summed E-state index contributed by atoms with van der Waals surface area (Å²) in [6, 6.07) is 12.1. The summed E-state index contributed by atoms with van der Waals surface area (Å²) >= 11 is 3.38. The third-order valence-corrected chi connectivity index (χ3v) is 3.01. The molecule has 0 aliphatic rings. The Morgan fingerprint density at radius 3 is 2.44 bits per heavy atom. The Hall–Kier alpha value is -2.01. The summed E-state index contributed by atoms with van der Waals surface area (Å²) in [5, 5.41) is 0. The maximum atomic E-state index is 11.0. The minimum atomic E-state index is -0.519. The summed E-state index contributed by atoms with van der Waals surface area (Å²) in [4.78, 5) is 11.0. The third-order valence-electron chi connectivity index (χ3n) is 2.35. The Labute approximate surface area is 113 Å². The van der Waals surface area contributed by atoms with Crippen LogP contribution in [-0.4, -0.2) is 5.91 Å². The molecular weight excluding hydrogens is 296 g/mol. The molecule has 0 bridgehead atoms. The predicted octanol–water partition coefficient (Wildman–Crippen LogP) is 2.92. The standard InChI is InChI=1S/C13H11BrN2O2/c14-9-3-1-2-4-11(9)18-12-6-5-8(13(16)17)7-10(12)15/h1-7H,15H2,(H2,16,17). The van der Waals surface area contributed by atoms with Gasteiger partial charge in [-0.05, 0) is 46.3 Å². The van der Waals surface area contributed by atoms with Gasteiger partial charge in [-0.3, -0.25) is 4.79 Å². The molecule has 0 fully saturated rings. The van der Waals surface area contributed by atoms with Gasteiger partial charge in [0.05, 0.1) is 10.2 Å². The molecule has 0 saturated carbocycles. The fourth-order valence-corrected chi connectivity index (χ4v) is 1.81. The largest absolute Gasteiger partial charge is 0.454 e. The number of anilines is 1. The van der Waals surface area contributed by atoms with Crippen molar-refractivity contribution in [2.24, 2.45) is 5.73 Å². The van der Waals surface area contributed by atoms with E-state index < -0.39 is 5.91 Å². The van der Waals surface area contributed by atoms with Crippen molar-refractivity contribution in [3.63, 3.8) is 0 Å². The quantitative estimate of drug-likeness (QED) is 0.856. The van der Waals surface area contributed by atoms with Crippen LogP contribution in [0.2, 0.25) is 0 Å². The van der Waals surface area contributed by atoms with Crippen LogP contribution in [-0.2, 0) is 0 Å². The zero-order valence-corrected chi connectivity index (χ0v) is 11.0. The molecule has 0 unspecified atom stereocenters. The molecule has 0 aliphatic heterocycles. The normalized spacial score (nSPS) is 10.1. The molecule has 0 spiro atoms. The number of rotatable bonds is 3. The molecule has 0 atom stereocenters. The number of halogens is 1. The lowest BCUT2D eigenvalue weighted by molar-refractivity contribution is 0.100. The molecule has 0 radical (unpaired) electrons. The van der Waals surface area contributed by atoms with E-state index in [1.54, 1.807) is 12.1 Å². The van der Waals surface area contributed by atoms with Gasteiger partial charge in [-0.1, -0.05) is 12.1 Å². The molecule has 4 nitrogen and oxygen atoms in total. The highest BCUT2D eigenvalue weighted by Crippen LogP contribution is 2.32. The molecule has 2 rings (SSSR count). The van der Waals surface area contributed by atoms with Crippen LogP contribution in [0.4, 0.5) is 5.69 Å². The van der Waals surface area contributed by atoms with Crippen molar-refractivity contribution in [1.82, 2.24) is 0 Å². The first-order valence-electron chi connectivity index (χ1n) is 5.19. The zero-order chi connectivity index (χ0) is 13.1. The minimum absolute atomic E-state index is 0.354. The number of primary amides is 1. The van der Waals surface area contributed by atoms with E-state index in [0.717, 1.165) is 4.47 Å². The third kappa shape index (κ3) is 2.62. The van der Waals surface area contributed by atoms with Gasteiger partial charge in [0.15, 0.2) is 0 Å². The molecule has 92 valence electrons. The van der Waals surface area contributed by atoms with Gasteiger partial charge in [-0.25, -0.2) is 0 Å². The number of carbonyl (C=O) groups is 1. The van der Waals surface area contributed by atoms with Crippen molar-refractivity contribution >= 4 is 27.5 Å². The van der Waals surface area contributed by atoms with Gasteiger partial charge in [-0.15, -0.1) is 0 Å². The molecule has 5 heteroatoms. The van der Waals surface area contributed by atoms with E-state index in [2.05, 4.69) is 15.9 Å². The SMILES string of the molecule is NC(=O)c1ccc(Oc2ccccc2Br)c(N)c1. The number of ether oxygens (including phenoxy) is 1. The highest BCUT2D eigenvalue weighted by atomic mass is 79.9. The molecule has 0 aromatic heterocycles. The van der Waals surface area contributed by atoms with Gasteiger partial charge in [0.1, 0.15) is 11.5 Å². The second-order valence-corrected chi connectivity index (χ2v) is 4.50. The first kappa shape index (κ1) is 12.4. The highest BCUT2D eigenvalue weighted by Gasteiger charge is 2.08. The number of hydrogen-bond donors (Lipinski definition) is 2. The number of carbonyl (C=O) groups excluding carboxylic acids is 1. The Balaban J connectivity index is 2.30. The second kappa shape index (κ2) is 5.10. The second-order valence-electron chi connectivity index (χ2n) is 3.65. The van der Waals surface area contributed by atoms with Crippen LogP contribution in [0.25, 0.3) is 0 Å². The van der Waals surface area contributed by atoms with Crippen LogP contribution in [0.1, 0.15) is 10.4 Å². The molecule has 1 amide bonds. The molecule has 0 heterocycles. The molecule has 0 aliphatic carbocycles. The van der Waals surface area contributed by atoms with Gasteiger partial charge < -0.3 is 16.2 Å². The fourth-order valence-electron chi connectivity index (χ4n) is 1.44. The maximum Gasteiger partial charge on any atom is 0.248 e. The summed E-state index contributed by atoms with van der Waals surface area (Å²) in [6.45, 7) is 0. The van der Waals surface area contributed by atoms with E-state index in [-0.39, 0.29) is 0 Å². The molecule has 18 heavy (non-hydrogen) atoms. The van der Waals surface area contributed by atoms with Crippen LogP contribution in [0.3, 0.4) is 0 Å². The van der Waals surface area contributed by atoms with E-state index >= 15 is 0 Å². The maximum absolute atomic E-state index is 11.0. The van der Waals surface area contributed by atoms with Gasteiger partial charge in [-0.2, -0.15) is 0 Å². The van der Waals surface area contributed by atoms with Crippen LogP contribution in [0, 0.1) is 0 Å². The Bertz CT molecular complexity index is 599. The first-order chi connectivity index (χ1) is 8.58. The molecule has 0 saturated heterocycles. The lowest BCUT2D eigenvalue weighted by atomic mass is 10.2. The van der Waals surface area contributed by atoms with Crippen molar-refractivity contribution in [3.8, 4) is 11.5 Å². The molecular formula is C13H11BrN2O2. The summed E-state index contributed by atoms with van der Waals surface area (Å²) in [6.07, 6.45) is 0. The van der Waals surface area contributed by atoms with E-state index in [1.165, 1.54) is 6.07 Å². The smallest absolute Gasteiger partial charge is 0.248 e. The summed E-state index contributed by atoms with van der Waals surface area (Å²) in [5.41, 5.74) is 11.7. The lowest BCUT2D eigenvalue weighted by Crippen LogP contribution is -2.11.